The highest BCUT2D eigenvalue weighted by atomic mass is 79.9. The second-order valence-corrected chi connectivity index (χ2v) is 11.5. The van der Waals surface area contributed by atoms with Crippen LogP contribution >= 0.6 is 63.7 Å². The second kappa shape index (κ2) is 12.5. The molecule has 0 fully saturated rings. The number of nitrogen functional groups attached to an aromatic ring is 2. The predicted molar refractivity (Wildman–Crippen MR) is 160 cm³/mol. The van der Waals surface area contributed by atoms with E-state index in [1.165, 1.54) is 6.20 Å². The summed E-state index contributed by atoms with van der Waals surface area (Å²) in [6.07, 6.45) is 3.71. The van der Waals surface area contributed by atoms with E-state index >= 15 is 0 Å². The van der Waals surface area contributed by atoms with Crippen LogP contribution in [0.15, 0.2) is 42.6 Å². The molecule has 11 N–H and O–H groups in total. The number of halogens is 4. The molecule has 2 atom stereocenters. The zero-order valence-corrected chi connectivity index (χ0v) is 26.1. The van der Waals surface area contributed by atoms with Crippen LogP contribution < -0.4 is 22.1 Å². The molecule has 206 valence electrons. The van der Waals surface area contributed by atoms with Gasteiger partial charge >= 0.3 is 0 Å². The van der Waals surface area contributed by atoms with Crippen LogP contribution in [0.5, 0.6) is 0 Å². The topological polar surface area (TPSA) is 219 Å². The predicted octanol–water partition coefficient (Wildman–Crippen LogP) is 3.37. The molecule has 39 heavy (non-hydrogen) atoms. The molecule has 2 amide bonds. The van der Waals surface area contributed by atoms with E-state index in [0.717, 1.165) is 4.47 Å². The lowest BCUT2D eigenvalue weighted by Gasteiger charge is -2.22. The van der Waals surface area contributed by atoms with Gasteiger partial charge in [-0.05, 0) is 81.9 Å². The first-order chi connectivity index (χ1) is 18.5. The van der Waals surface area contributed by atoms with Gasteiger partial charge in [-0.2, -0.15) is 0 Å². The summed E-state index contributed by atoms with van der Waals surface area (Å²) in [6, 6.07) is 3.27. The van der Waals surface area contributed by atoms with Gasteiger partial charge in [0.15, 0.2) is 11.9 Å². The SMILES string of the molecule is Nc1ncc(C(c2[nH]c(N)nc2C=CCNC(=O)c2cc(Br)c(Br)[nH]2)C(O)CNC(=O)c2cc(Br)c(Br)[nH]2)[nH]1. The summed E-state index contributed by atoms with van der Waals surface area (Å²) in [5.74, 6) is -1.20. The zero-order valence-electron chi connectivity index (χ0n) is 19.8. The summed E-state index contributed by atoms with van der Waals surface area (Å²) in [4.78, 5) is 45.0. The number of aromatic nitrogens is 6. The fourth-order valence-electron chi connectivity index (χ4n) is 3.73. The van der Waals surface area contributed by atoms with Gasteiger partial charge < -0.3 is 47.1 Å². The van der Waals surface area contributed by atoms with Crippen LogP contribution in [0.4, 0.5) is 11.9 Å². The molecule has 13 nitrogen and oxygen atoms in total. The van der Waals surface area contributed by atoms with Crippen LogP contribution in [-0.2, 0) is 0 Å². The molecule has 0 saturated carbocycles. The Labute approximate surface area is 254 Å². The standard InChI is InChI=1S/C22H22Br4N10O3/c23-8-4-11(32-17(8)25)19(38)29-3-1-2-10-16(36-22(28)34-10)15(13-6-31-21(27)35-13)14(37)7-30-20(39)12-5-9(24)18(26)33-12/h1-2,4-6,14-15,32-33,37H,3,7H2,(H,29,38)(H,30,39)(H3,27,31,35)(H3,28,34,36). The van der Waals surface area contributed by atoms with Gasteiger partial charge in [-0.1, -0.05) is 6.08 Å². The maximum Gasteiger partial charge on any atom is 0.268 e. The molecule has 4 heterocycles. The Morgan fingerprint density at radius 3 is 2.10 bits per heavy atom. The van der Waals surface area contributed by atoms with E-state index in [0.29, 0.717) is 42.1 Å². The third kappa shape index (κ3) is 7.02. The number of rotatable bonds is 10. The van der Waals surface area contributed by atoms with Crippen LogP contribution in [-0.4, -0.2) is 66.0 Å². The lowest BCUT2D eigenvalue weighted by atomic mass is 9.93. The Kier molecular flexibility index (Phi) is 9.37. The van der Waals surface area contributed by atoms with Crippen LogP contribution in [0.1, 0.15) is 44.0 Å². The average Bonchev–Trinajstić information content (AvgIpc) is 3.64. The Bertz CT molecular complexity index is 1480. The summed E-state index contributed by atoms with van der Waals surface area (Å²) in [5.41, 5.74) is 13.8. The summed E-state index contributed by atoms with van der Waals surface area (Å²) in [5, 5.41) is 16.7. The number of nitrogens with one attached hydrogen (secondary N) is 6. The normalized spacial score (nSPS) is 13.1. The van der Waals surface area contributed by atoms with Crippen molar-refractivity contribution in [1.82, 2.24) is 40.5 Å². The highest BCUT2D eigenvalue weighted by molar-refractivity contribution is 9.13. The number of amides is 2. The van der Waals surface area contributed by atoms with Gasteiger partial charge in [0.25, 0.3) is 11.8 Å². The molecular weight excluding hydrogens is 772 g/mol. The molecule has 0 aliphatic carbocycles. The minimum Gasteiger partial charge on any atom is -0.390 e. The summed E-state index contributed by atoms with van der Waals surface area (Å²) in [7, 11) is 0. The number of carbonyl (C=O) groups excluding carboxylic acids is 2. The lowest BCUT2D eigenvalue weighted by molar-refractivity contribution is 0.0898. The molecule has 0 aromatic carbocycles. The first kappa shape index (κ1) is 29.1. The minimum atomic E-state index is -1.13. The zero-order chi connectivity index (χ0) is 28.3. The lowest BCUT2D eigenvalue weighted by Crippen LogP contribution is -2.36. The van der Waals surface area contributed by atoms with E-state index in [2.05, 4.69) is 104 Å². The van der Waals surface area contributed by atoms with Gasteiger partial charge in [0, 0.05) is 18.8 Å². The highest BCUT2D eigenvalue weighted by Crippen LogP contribution is 2.30. The Balaban J connectivity index is 1.50. The van der Waals surface area contributed by atoms with Crippen molar-refractivity contribution in [1.29, 1.82) is 0 Å². The minimum absolute atomic E-state index is 0.115. The molecule has 4 aromatic rings. The van der Waals surface area contributed by atoms with Crippen LogP contribution in [0, 0.1) is 0 Å². The van der Waals surface area contributed by atoms with Crippen molar-refractivity contribution in [3.63, 3.8) is 0 Å². The Morgan fingerprint density at radius 2 is 1.56 bits per heavy atom. The fraction of sp³-hybridized carbons (Fsp3) is 0.182. The summed E-state index contributed by atoms with van der Waals surface area (Å²) < 4.78 is 2.70. The number of nitrogens with two attached hydrogens (primary N) is 2. The van der Waals surface area contributed by atoms with Crippen molar-refractivity contribution in [3.8, 4) is 0 Å². The van der Waals surface area contributed by atoms with Crippen molar-refractivity contribution in [2.45, 2.75) is 12.0 Å². The van der Waals surface area contributed by atoms with Gasteiger partial charge in [-0.15, -0.1) is 0 Å². The second-order valence-electron chi connectivity index (χ2n) is 8.20. The number of hydrogen-bond donors (Lipinski definition) is 9. The van der Waals surface area contributed by atoms with Crippen LogP contribution in [0.3, 0.4) is 0 Å². The van der Waals surface area contributed by atoms with E-state index in [1.807, 2.05) is 0 Å². The summed E-state index contributed by atoms with van der Waals surface area (Å²) in [6.45, 7) is 0.0803. The maximum absolute atomic E-state index is 12.6. The smallest absolute Gasteiger partial charge is 0.268 e. The van der Waals surface area contributed by atoms with E-state index in [-0.39, 0.29) is 30.9 Å². The number of carbonyl (C=O) groups is 2. The number of aliphatic hydroxyl groups is 1. The molecule has 0 bridgehead atoms. The molecule has 0 saturated heterocycles. The van der Waals surface area contributed by atoms with Crippen molar-refractivity contribution in [2.24, 2.45) is 0 Å². The highest BCUT2D eigenvalue weighted by Gasteiger charge is 2.30. The molecular formula is C22H22Br4N10O3. The van der Waals surface area contributed by atoms with Crippen LogP contribution in [0.2, 0.25) is 0 Å². The van der Waals surface area contributed by atoms with Gasteiger partial charge in [-0.3, -0.25) is 9.59 Å². The monoisotopic (exact) mass is 790 g/mol. The third-order valence-electron chi connectivity index (χ3n) is 5.49. The van der Waals surface area contributed by atoms with E-state index < -0.39 is 17.9 Å². The maximum atomic E-state index is 12.6. The Morgan fingerprint density at radius 1 is 0.949 bits per heavy atom. The number of H-pyrrole nitrogens is 4. The molecule has 2 unspecified atom stereocenters. The first-order valence-electron chi connectivity index (χ1n) is 11.2. The number of imidazole rings is 2. The first-order valence-corrected chi connectivity index (χ1v) is 14.4. The van der Waals surface area contributed by atoms with Gasteiger partial charge in [0.2, 0.25) is 0 Å². The number of hydrogen-bond acceptors (Lipinski definition) is 7. The average molecular weight is 794 g/mol. The largest absolute Gasteiger partial charge is 0.390 e. The van der Waals surface area contributed by atoms with Gasteiger partial charge in [-0.25, -0.2) is 9.97 Å². The number of aliphatic hydroxyl groups excluding tert-OH is 1. The molecule has 4 aromatic heterocycles. The quantitative estimate of drug-likeness (QED) is 0.117. The number of nitrogens with zero attached hydrogens (tertiary/aromatic N) is 2. The van der Waals surface area contributed by atoms with Crippen LogP contribution in [0.25, 0.3) is 6.08 Å². The van der Waals surface area contributed by atoms with Crippen molar-refractivity contribution >= 4 is 93.5 Å². The molecule has 0 radical (unpaired) electrons. The molecule has 0 aliphatic heterocycles. The van der Waals surface area contributed by atoms with Crippen molar-refractivity contribution < 1.29 is 14.7 Å². The van der Waals surface area contributed by atoms with Gasteiger partial charge in [0.05, 0.1) is 47.8 Å². The van der Waals surface area contributed by atoms with E-state index in [1.54, 1.807) is 24.3 Å². The molecule has 0 spiro atoms. The van der Waals surface area contributed by atoms with Crippen molar-refractivity contribution in [3.05, 3.63) is 71.0 Å². The molecule has 0 aliphatic rings. The summed E-state index contributed by atoms with van der Waals surface area (Å²) >= 11 is 13.3. The van der Waals surface area contributed by atoms with Crippen molar-refractivity contribution in [2.75, 3.05) is 24.6 Å². The third-order valence-corrected chi connectivity index (χ3v) is 9.06. The molecule has 17 heteroatoms. The van der Waals surface area contributed by atoms with Gasteiger partial charge in [0.1, 0.15) is 11.4 Å². The Hall–Kier alpha value is -2.86. The number of aromatic amines is 4. The van der Waals surface area contributed by atoms with E-state index in [9.17, 15) is 14.7 Å². The molecule has 4 rings (SSSR count). The van der Waals surface area contributed by atoms with E-state index in [4.69, 9.17) is 11.5 Å². The number of anilines is 2. The fourth-order valence-corrected chi connectivity index (χ4v) is 5.04.